The lowest BCUT2D eigenvalue weighted by atomic mass is 10.1. The van der Waals surface area contributed by atoms with Crippen molar-refractivity contribution in [2.45, 2.75) is 38.1 Å². The molecule has 9 heteroatoms. The number of rotatable bonds is 4. The fourth-order valence-corrected chi connectivity index (χ4v) is 3.84. The highest BCUT2D eigenvalue weighted by Gasteiger charge is 2.38. The van der Waals surface area contributed by atoms with Gasteiger partial charge in [-0.1, -0.05) is 12.1 Å². The number of fused-ring (bicyclic) bond motifs is 1. The number of piperidine rings is 1. The van der Waals surface area contributed by atoms with E-state index in [4.69, 9.17) is 14.2 Å². The molecule has 0 aliphatic carbocycles. The molecule has 2 aliphatic heterocycles. The third-order valence-corrected chi connectivity index (χ3v) is 5.49. The lowest BCUT2D eigenvalue weighted by Crippen LogP contribution is -2.53. The third-order valence-electron chi connectivity index (χ3n) is 5.49. The molecule has 3 aromatic rings. The SMILES string of the molecule is CC1Oc2ccccc2OC1C(=O)N1CCC(Oc2ccc(-n3cccn3)nn2)CC1. The lowest BCUT2D eigenvalue weighted by molar-refractivity contribution is -0.146. The van der Waals surface area contributed by atoms with Crippen molar-refractivity contribution in [2.75, 3.05) is 13.1 Å². The Morgan fingerprint density at radius 3 is 2.48 bits per heavy atom. The molecule has 2 atom stereocenters. The Kier molecular flexibility index (Phi) is 5.15. The van der Waals surface area contributed by atoms with Crippen molar-refractivity contribution in [1.82, 2.24) is 24.9 Å². The molecule has 2 aliphatic rings. The molecular weight excluding hydrogens is 398 g/mol. The van der Waals surface area contributed by atoms with Crippen molar-refractivity contribution >= 4 is 5.91 Å². The number of hydrogen-bond acceptors (Lipinski definition) is 7. The van der Waals surface area contributed by atoms with E-state index in [0.29, 0.717) is 49.1 Å². The molecule has 0 N–H and O–H groups in total. The smallest absolute Gasteiger partial charge is 0.267 e. The first-order chi connectivity index (χ1) is 15.2. The van der Waals surface area contributed by atoms with Crippen molar-refractivity contribution in [3.05, 3.63) is 54.9 Å². The first-order valence-corrected chi connectivity index (χ1v) is 10.4. The number of amides is 1. The van der Waals surface area contributed by atoms with E-state index in [2.05, 4.69) is 15.3 Å². The average Bonchev–Trinajstić information content (AvgIpc) is 3.34. The van der Waals surface area contributed by atoms with E-state index in [9.17, 15) is 4.79 Å². The molecule has 0 spiro atoms. The minimum Gasteiger partial charge on any atom is -0.482 e. The molecule has 1 aromatic carbocycles. The molecular formula is C22H23N5O4. The van der Waals surface area contributed by atoms with Gasteiger partial charge in [-0.25, -0.2) is 4.68 Å². The highest BCUT2D eigenvalue weighted by atomic mass is 16.6. The third kappa shape index (κ3) is 4.03. The summed E-state index contributed by atoms with van der Waals surface area (Å²) in [5, 5.41) is 12.4. The predicted molar refractivity (Wildman–Crippen MR) is 110 cm³/mol. The topological polar surface area (TPSA) is 91.6 Å². The zero-order chi connectivity index (χ0) is 21.2. The fraction of sp³-hybridized carbons (Fsp3) is 0.364. The van der Waals surface area contributed by atoms with Crippen LogP contribution in [-0.4, -0.2) is 62.2 Å². The van der Waals surface area contributed by atoms with Crippen LogP contribution in [0.4, 0.5) is 0 Å². The van der Waals surface area contributed by atoms with Crippen LogP contribution in [0.5, 0.6) is 17.4 Å². The van der Waals surface area contributed by atoms with Crippen LogP contribution in [0, 0.1) is 0 Å². The van der Waals surface area contributed by atoms with Gasteiger partial charge in [0.15, 0.2) is 17.3 Å². The molecule has 2 aromatic heterocycles. The Hall–Kier alpha value is -3.62. The largest absolute Gasteiger partial charge is 0.482 e. The van der Waals surface area contributed by atoms with Gasteiger partial charge in [-0.05, 0) is 31.2 Å². The minimum atomic E-state index is -0.645. The number of benzene rings is 1. The summed E-state index contributed by atoms with van der Waals surface area (Å²) < 4.78 is 19.4. The number of nitrogens with zero attached hydrogens (tertiary/aromatic N) is 5. The quantitative estimate of drug-likeness (QED) is 0.638. The number of likely N-dealkylation sites (tertiary alicyclic amines) is 1. The van der Waals surface area contributed by atoms with Gasteiger partial charge in [-0.2, -0.15) is 5.10 Å². The van der Waals surface area contributed by atoms with Gasteiger partial charge in [0.05, 0.1) is 0 Å². The maximum Gasteiger partial charge on any atom is 0.267 e. The summed E-state index contributed by atoms with van der Waals surface area (Å²) in [6.45, 7) is 3.05. The van der Waals surface area contributed by atoms with Crippen LogP contribution in [0.1, 0.15) is 19.8 Å². The first-order valence-electron chi connectivity index (χ1n) is 10.4. The van der Waals surface area contributed by atoms with Crippen molar-refractivity contribution in [2.24, 2.45) is 0 Å². The summed E-state index contributed by atoms with van der Waals surface area (Å²) in [7, 11) is 0. The van der Waals surface area contributed by atoms with Gasteiger partial charge >= 0.3 is 0 Å². The molecule has 2 unspecified atom stereocenters. The molecule has 9 nitrogen and oxygen atoms in total. The number of ether oxygens (including phenoxy) is 3. The van der Waals surface area contributed by atoms with Crippen LogP contribution < -0.4 is 14.2 Å². The molecule has 5 rings (SSSR count). The zero-order valence-corrected chi connectivity index (χ0v) is 17.1. The molecule has 0 saturated carbocycles. The highest BCUT2D eigenvalue weighted by Crippen LogP contribution is 2.34. The van der Waals surface area contributed by atoms with Gasteiger partial charge in [0.1, 0.15) is 12.2 Å². The minimum absolute atomic E-state index is 0.0180. The average molecular weight is 421 g/mol. The summed E-state index contributed by atoms with van der Waals surface area (Å²) in [4.78, 5) is 14.9. The van der Waals surface area contributed by atoms with Crippen molar-refractivity contribution in [3.63, 3.8) is 0 Å². The molecule has 0 radical (unpaired) electrons. The number of aromatic nitrogens is 4. The first kappa shape index (κ1) is 19.3. The zero-order valence-electron chi connectivity index (χ0n) is 17.1. The maximum absolute atomic E-state index is 13.0. The Morgan fingerprint density at radius 1 is 1.03 bits per heavy atom. The Morgan fingerprint density at radius 2 is 1.81 bits per heavy atom. The van der Waals surface area contributed by atoms with Gasteiger partial charge in [-0.3, -0.25) is 4.79 Å². The molecule has 1 amide bonds. The highest BCUT2D eigenvalue weighted by molar-refractivity contribution is 5.82. The summed E-state index contributed by atoms with van der Waals surface area (Å²) in [6.07, 6.45) is 3.91. The Bertz CT molecular complexity index is 1030. The van der Waals surface area contributed by atoms with E-state index < -0.39 is 6.10 Å². The Balaban J connectivity index is 1.16. The maximum atomic E-state index is 13.0. The molecule has 160 valence electrons. The second-order valence-electron chi connectivity index (χ2n) is 7.63. The number of carbonyl (C=O) groups excluding carboxylic acids is 1. The van der Waals surface area contributed by atoms with Gasteiger partial charge in [-0.15, -0.1) is 10.2 Å². The second kappa shape index (κ2) is 8.25. The van der Waals surface area contributed by atoms with E-state index in [1.54, 1.807) is 23.1 Å². The van der Waals surface area contributed by atoms with Gasteiger partial charge < -0.3 is 19.1 Å². The molecule has 1 fully saturated rings. The van der Waals surface area contributed by atoms with Crippen LogP contribution in [0.15, 0.2) is 54.9 Å². The summed E-state index contributed by atoms with van der Waals surface area (Å²) in [6, 6.07) is 12.8. The summed E-state index contributed by atoms with van der Waals surface area (Å²) in [5.74, 6) is 2.32. The predicted octanol–water partition coefficient (Wildman–Crippen LogP) is 2.26. The van der Waals surface area contributed by atoms with Crippen LogP contribution in [0.3, 0.4) is 0 Å². The van der Waals surface area contributed by atoms with Crippen LogP contribution in [-0.2, 0) is 4.79 Å². The van der Waals surface area contributed by atoms with E-state index in [-0.39, 0.29) is 18.1 Å². The normalized spacial score (nSPS) is 21.0. The Labute approximate surface area is 179 Å². The van der Waals surface area contributed by atoms with E-state index in [1.807, 2.05) is 48.2 Å². The van der Waals surface area contributed by atoms with Gasteiger partial charge in [0.2, 0.25) is 12.0 Å². The van der Waals surface area contributed by atoms with Crippen molar-refractivity contribution in [1.29, 1.82) is 0 Å². The van der Waals surface area contributed by atoms with Crippen LogP contribution in [0.25, 0.3) is 5.82 Å². The van der Waals surface area contributed by atoms with Crippen LogP contribution in [0.2, 0.25) is 0 Å². The van der Waals surface area contributed by atoms with Gasteiger partial charge in [0.25, 0.3) is 5.91 Å². The summed E-state index contributed by atoms with van der Waals surface area (Å²) >= 11 is 0. The summed E-state index contributed by atoms with van der Waals surface area (Å²) in [5.41, 5.74) is 0. The fourth-order valence-electron chi connectivity index (χ4n) is 3.84. The van der Waals surface area contributed by atoms with Gasteiger partial charge in [0, 0.05) is 44.4 Å². The van der Waals surface area contributed by atoms with Crippen molar-refractivity contribution < 1.29 is 19.0 Å². The molecule has 4 heterocycles. The standard InChI is InChI=1S/C22H23N5O4/c1-15-21(31-18-6-3-2-5-17(18)29-15)22(28)26-13-9-16(10-14-26)30-20-8-7-19(24-25-20)27-12-4-11-23-27/h2-8,11-12,15-16,21H,9-10,13-14H2,1H3. The molecule has 31 heavy (non-hydrogen) atoms. The van der Waals surface area contributed by atoms with E-state index in [0.717, 1.165) is 0 Å². The monoisotopic (exact) mass is 421 g/mol. The molecule has 1 saturated heterocycles. The number of para-hydroxylation sites is 2. The van der Waals surface area contributed by atoms with E-state index in [1.165, 1.54) is 0 Å². The van der Waals surface area contributed by atoms with E-state index >= 15 is 0 Å². The number of carbonyl (C=O) groups is 1. The lowest BCUT2D eigenvalue weighted by Gasteiger charge is -2.37. The van der Waals surface area contributed by atoms with Crippen LogP contribution >= 0.6 is 0 Å². The number of hydrogen-bond donors (Lipinski definition) is 0. The molecule has 0 bridgehead atoms. The van der Waals surface area contributed by atoms with Crippen molar-refractivity contribution in [3.8, 4) is 23.2 Å². The second-order valence-corrected chi connectivity index (χ2v) is 7.63.